The maximum absolute atomic E-state index is 2.50. The Bertz CT molecular complexity index is 337. The summed E-state index contributed by atoms with van der Waals surface area (Å²) in [5.74, 6) is 4.81. The molecule has 3 aliphatic rings. The normalized spacial score (nSPS) is 44.1. The first-order chi connectivity index (χ1) is 9.16. The summed E-state index contributed by atoms with van der Waals surface area (Å²) >= 11 is 0. The zero-order chi connectivity index (χ0) is 13.4. The number of rotatable bonds is 1. The van der Waals surface area contributed by atoms with Crippen molar-refractivity contribution in [3.8, 4) is 0 Å². The number of hydrogen-bond donors (Lipinski definition) is 0. The van der Waals surface area contributed by atoms with Gasteiger partial charge in [-0.25, -0.2) is 0 Å². The van der Waals surface area contributed by atoms with Gasteiger partial charge in [0.05, 0.1) is 0 Å². The molecule has 1 saturated carbocycles. The summed E-state index contributed by atoms with van der Waals surface area (Å²) in [7, 11) is 0. The molecule has 1 fully saturated rings. The predicted octanol–water partition coefficient (Wildman–Crippen LogP) is 5.98. The fourth-order valence-corrected chi connectivity index (χ4v) is 5.38. The van der Waals surface area contributed by atoms with Crippen LogP contribution in [0.25, 0.3) is 0 Å². The quantitative estimate of drug-likeness (QED) is 0.509. The summed E-state index contributed by atoms with van der Waals surface area (Å²) < 4.78 is 0. The van der Waals surface area contributed by atoms with Crippen molar-refractivity contribution in [2.24, 2.45) is 29.6 Å². The molecule has 3 unspecified atom stereocenters. The molecule has 0 spiro atoms. The third kappa shape index (κ3) is 2.65. The Labute approximate surface area is 120 Å². The average molecular weight is 260 g/mol. The van der Waals surface area contributed by atoms with Crippen molar-refractivity contribution in [2.75, 3.05) is 0 Å². The highest BCUT2D eigenvalue weighted by atomic mass is 14.4. The minimum absolute atomic E-state index is 0.893. The molecule has 3 aliphatic carbocycles. The Morgan fingerprint density at radius 3 is 2.16 bits per heavy atom. The van der Waals surface area contributed by atoms with Gasteiger partial charge in [0.15, 0.2) is 0 Å². The van der Waals surface area contributed by atoms with E-state index in [9.17, 15) is 0 Å². The molecule has 0 heterocycles. The van der Waals surface area contributed by atoms with Gasteiger partial charge in [0.2, 0.25) is 0 Å². The molecule has 108 valence electrons. The predicted molar refractivity (Wildman–Crippen MR) is 83.1 cm³/mol. The van der Waals surface area contributed by atoms with E-state index in [1.54, 1.807) is 0 Å². The Morgan fingerprint density at radius 2 is 1.42 bits per heavy atom. The van der Waals surface area contributed by atoms with Crippen LogP contribution in [0.1, 0.15) is 78.6 Å². The third-order valence-electron chi connectivity index (χ3n) is 6.50. The molecule has 0 aromatic rings. The fraction of sp³-hybridized carbons (Fsp3) is 0.895. The Morgan fingerprint density at radius 1 is 0.737 bits per heavy atom. The molecule has 3 atom stereocenters. The van der Waals surface area contributed by atoms with Crippen molar-refractivity contribution in [1.82, 2.24) is 0 Å². The highest BCUT2D eigenvalue weighted by Crippen LogP contribution is 2.49. The second-order valence-electron chi connectivity index (χ2n) is 7.88. The van der Waals surface area contributed by atoms with E-state index >= 15 is 0 Å². The van der Waals surface area contributed by atoms with Crippen molar-refractivity contribution < 1.29 is 0 Å². The van der Waals surface area contributed by atoms with Crippen molar-refractivity contribution in [2.45, 2.75) is 78.6 Å². The molecule has 0 aromatic heterocycles. The zero-order valence-electron chi connectivity index (χ0n) is 13.3. The van der Waals surface area contributed by atoms with Crippen molar-refractivity contribution in [3.63, 3.8) is 0 Å². The van der Waals surface area contributed by atoms with Crippen LogP contribution in [0.2, 0.25) is 0 Å². The molecule has 0 bridgehead atoms. The molecule has 19 heavy (non-hydrogen) atoms. The zero-order valence-corrected chi connectivity index (χ0v) is 13.3. The lowest BCUT2D eigenvalue weighted by Crippen LogP contribution is -2.31. The second-order valence-corrected chi connectivity index (χ2v) is 7.88. The average Bonchev–Trinajstić information content (AvgIpc) is 2.41. The van der Waals surface area contributed by atoms with Crippen LogP contribution in [0, 0.1) is 29.6 Å². The maximum Gasteiger partial charge on any atom is -0.0172 e. The molecular weight excluding hydrogens is 228 g/mol. The van der Waals surface area contributed by atoms with Crippen LogP contribution in [0.5, 0.6) is 0 Å². The van der Waals surface area contributed by atoms with Gasteiger partial charge in [-0.1, -0.05) is 44.8 Å². The van der Waals surface area contributed by atoms with Crippen LogP contribution >= 0.6 is 0 Å². The van der Waals surface area contributed by atoms with E-state index in [1.807, 2.05) is 11.1 Å². The van der Waals surface area contributed by atoms with Gasteiger partial charge in [-0.05, 0) is 74.5 Å². The van der Waals surface area contributed by atoms with Crippen LogP contribution in [-0.4, -0.2) is 0 Å². The number of allylic oxidation sites excluding steroid dienone is 2. The lowest BCUT2D eigenvalue weighted by atomic mass is 9.62. The summed E-state index contributed by atoms with van der Waals surface area (Å²) in [5, 5.41) is 0. The standard InChI is InChI=1S/C19H32/c1-13-7-10-16(11-8-13)17-12-9-15(3)19-14(2)5-4-6-18(17)19/h13-17H,4-12H2,1-3H3. The maximum atomic E-state index is 2.50. The number of hydrogen-bond acceptors (Lipinski definition) is 0. The smallest absolute Gasteiger partial charge is 0.0172 e. The van der Waals surface area contributed by atoms with Gasteiger partial charge < -0.3 is 0 Å². The molecule has 0 radical (unpaired) electrons. The Hall–Kier alpha value is -0.260. The lowest BCUT2D eigenvalue weighted by Gasteiger charge is -2.43. The second kappa shape index (κ2) is 5.62. The monoisotopic (exact) mass is 260 g/mol. The molecule has 3 rings (SSSR count). The molecule has 0 nitrogen and oxygen atoms in total. The summed E-state index contributed by atoms with van der Waals surface area (Å²) in [5.41, 5.74) is 3.87. The van der Waals surface area contributed by atoms with E-state index in [0.717, 1.165) is 29.6 Å². The van der Waals surface area contributed by atoms with Gasteiger partial charge in [0.25, 0.3) is 0 Å². The molecule has 0 heteroatoms. The van der Waals surface area contributed by atoms with Crippen LogP contribution < -0.4 is 0 Å². The molecular formula is C19H32. The van der Waals surface area contributed by atoms with Gasteiger partial charge in [0, 0.05) is 0 Å². The van der Waals surface area contributed by atoms with Gasteiger partial charge >= 0.3 is 0 Å². The van der Waals surface area contributed by atoms with Gasteiger partial charge in [-0.2, -0.15) is 0 Å². The molecule has 0 aliphatic heterocycles. The molecule has 0 N–H and O–H groups in total. The Balaban J connectivity index is 1.81. The van der Waals surface area contributed by atoms with E-state index in [1.165, 1.54) is 57.8 Å². The van der Waals surface area contributed by atoms with Crippen molar-refractivity contribution >= 4 is 0 Å². The summed E-state index contributed by atoms with van der Waals surface area (Å²) in [6.45, 7) is 7.44. The molecule has 0 aromatic carbocycles. The highest BCUT2D eigenvalue weighted by Gasteiger charge is 2.36. The fourth-order valence-electron chi connectivity index (χ4n) is 5.38. The first kappa shape index (κ1) is 13.7. The van der Waals surface area contributed by atoms with Crippen LogP contribution in [0.3, 0.4) is 0 Å². The topological polar surface area (TPSA) is 0 Å². The third-order valence-corrected chi connectivity index (χ3v) is 6.50. The minimum atomic E-state index is 0.893. The van der Waals surface area contributed by atoms with E-state index in [0.29, 0.717) is 0 Å². The van der Waals surface area contributed by atoms with E-state index in [-0.39, 0.29) is 0 Å². The van der Waals surface area contributed by atoms with E-state index in [2.05, 4.69) is 20.8 Å². The Kier molecular flexibility index (Phi) is 4.06. The van der Waals surface area contributed by atoms with Crippen LogP contribution in [0.4, 0.5) is 0 Å². The SMILES string of the molecule is CC1CCC(C2CCC(C)C3=C2CCCC3C)CC1. The molecule has 0 saturated heterocycles. The van der Waals surface area contributed by atoms with E-state index < -0.39 is 0 Å². The van der Waals surface area contributed by atoms with Crippen LogP contribution in [0.15, 0.2) is 11.1 Å². The summed E-state index contributed by atoms with van der Waals surface area (Å²) in [6, 6.07) is 0. The lowest BCUT2D eigenvalue weighted by molar-refractivity contribution is 0.198. The molecule has 0 amide bonds. The summed E-state index contributed by atoms with van der Waals surface area (Å²) in [4.78, 5) is 0. The van der Waals surface area contributed by atoms with Gasteiger partial charge in [-0.3, -0.25) is 0 Å². The highest BCUT2D eigenvalue weighted by molar-refractivity contribution is 5.27. The first-order valence-electron chi connectivity index (χ1n) is 8.89. The van der Waals surface area contributed by atoms with Gasteiger partial charge in [-0.15, -0.1) is 0 Å². The van der Waals surface area contributed by atoms with Crippen LogP contribution in [-0.2, 0) is 0 Å². The van der Waals surface area contributed by atoms with E-state index in [4.69, 9.17) is 0 Å². The largest absolute Gasteiger partial charge is 0.0671 e. The van der Waals surface area contributed by atoms with Crippen molar-refractivity contribution in [1.29, 1.82) is 0 Å². The first-order valence-corrected chi connectivity index (χ1v) is 8.89. The summed E-state index contributed by atoms with van der Waals surface area (Å²) in [6.07, 6.45) is 13.4. The van der Waals surface area contributed by atoms with Crippen molar-refractivity contribution in [3.05, 3.63) is 11.1 Å². The minimum Gasteiger partial charge on any atom is -0.0671 e. The van der Waals surface area contributed by atoms with Gasteiger partial charge in [0.1, 0.15) is 0 Å².